The number of alkyl halides is 2. The van der Waals surface area contributed by atoms with Crippen molar-refractivity contribution in [2.75, 3.05) is 5.32 Å². The van der Waals surface area contributed by atoms with Crippen LogP contribution in [0.4, 0.5) is 14.5 Å². The van der Waals surface area contributed by atoms with Gasteiger partial charge in [0.25, 0.3) is 0 Å². The Morgan fingerprint density at radius 2 is 1.44 bits per heavy atom. The second-order valence-electron chi connectivity index (χ2n) is 3.36. The summed E-state index contributed by atoms with van der Waals surface area (Å²) in [6.45, 7) is -2.55. The van der Waals surface area contributed by atoms with Gasteiger partial charge in [0.1, 0.15) is 0 Å². The summed E-state index contributed by atoms with van der Waals surface area (Å²) >= 11 is 0. The summed E-state index contributed by atoms with van der Waals surface area (Å²) < 4.78 is 24.6. The van der Waals surface area contributed by atoms with Crippen molar-refractivity contribution < 1.29 is 8.78 Å². The zero-order chi connectivity index (χ0) is 11.4. The van der Waals surface area contributed by atoms with Crippen molar-refractivity contribution in [3.63, 3.8) is 0 Å². The number of nitrogens with one attached hydrogen (secondary N) is 1. The fourth-order valence-corrected chi connectivity index (χ4v) is 1.60. The van der Waals surface area contributed by atoms with E-state index in [9.17, 15) is 8.78 Å². The average Bonchev–Trinajstić information content (AvgIpc) is 2.30. The number of anilines is 1. The predicted molar refractivity (Wildman–Crippen MR) is 61.5 cm³/mol. The van der Waals surface area contributed by atoms with Gasteiger partial charge in [-0.15, -0.1) is 0 Å². The lowest BCUT2D eigenvalue weighted by Gasteiger charge is -2.11. The van der Waals surface area contributed by atoms with E-state index in [0.29, 0.717) is 5.69 Å². The van der Waals surface area contributed by atoms with Gasteiger partial charge in [-0.05, 0) is 11.6 Å². The van der Waals surface area contributed by atoms with Crippen LogP contribution in [0.3, 0.4) is 0 Å². The maximum atomic E-state index is 12.3. The first-order chi connectivity index (χ1) is 7.77. The third kappa shape index (κ3) is 2.37. The number of hydrogen-bond acceptors (Lipinski definition) is 1. The molecular weight excluding hydrogens is 208 g/mol. The Bertz CT molecular complexity index is 454. The van der Waals surface area contributed by atoms with E-state index in [-0.39, 0.29) is 0 Å². The van der Waals surface area contributed by atoms with Gasteiger partial charge in [-0.25, -0.2) is 0 Å². The molecule has 0 aliphatic rings. The first kappa shape index (κ1) is 10.6. The molecule has 0 amide bonds. The molecule has 0 aromatic heterocycles. The molecule has 0 aliphatic heterocycles. The Morgan fingerprint density at radius 3 is 2.12 bits per heavy atom. The normalized spacial score (nSPS) is 10.4. The van der Waals surface area contributed by atoms with Crippen LogP contribution >= 0.6 is 0 Å². The smallest absolute Gasteiger partial charge is 0.312 e. The fourth-order valence-electron chi connectivity index (χ4n) is 1.60. The van der Waals surface area contributed by atoms with Gasteiger partial charge in [-0.3, -0.25) is 0 Å². The van der Waals surface area contributed by atoms with Gasteiger partial charge in [0, 0.05) is 11.3 Å². The highest BCUT2D eigenvalue weighted by Crippen LogP contribution is 2.28. The summed E-state index contributed by atoms with van der Waals surface area (Å²) in [6, 6.07) is 16.5. The molecule has 2 rings (SSSR count). The number of rotatable bonds is 3. The molecule has 0 atom stereocenters. The standard InChI is InChI=1S/C13H11F2N/c14-13(15)16-12-9-5-4-8-11(12)10-6-2-1-3-7-10/h1-9,13,16H. The van der Waals surface area contributed by atoms with Crippen molar-refractivity contribution in [3.8, 4) is 11.1 Å². The van der Waals surface area contributed by atoms with Crippen LogP contribution in [0, 0.1) is 0 Å². The molecule has 2 aromatic rings. The number of benzene rings is 2. The van der Waals surface area contributed by atoms with Crippen LogP contribution in [0.25, 0.3) is 11.1 Å². The zero-order valence-electron chi connectivity index (χ0n) is 8.53. The van der Waals surface area contributed by atoms with Gasteiger partial charge < -0.3 is 5.32 Å². The van der Waals surface area contributed by atoms with Crippen molar-refractivity contribution in [3.05, 3.63) is 54.6 Å². The second kappa shape index (κ2) is 4.75. The molecule has 1 N–H and O–H groups in total. The summed E-state index contributed by atoms with van der Waals surface area (Å²) in [5.74, 6) is 0. The minimum atomic E-state index is -2.55. The van der Waals surface area contributed by atoms with E-state index < -0.39 is 6.55 Å². The molecule has 0 saturated heterocycles. The molecule has 0 bridgehead atoms. The maximum absolute atomic E-state index is 12.3. The monoisotopic (exact) mass is 219 g/mol. The average molecular weight is 219 g/mol. The molecule has 0 aliphatic carbocycles. The van der Waals surface area contributed by atoms with Gasteiger partial charge in [-0.2, -0.15) is 8.78 Å². The molecule has 2 aromatic carbocycles. The van der Waals surface area contributed by atoms with Crippen LogP contribution in [0.15, 0.2) is 54.6 Å². The number of para-hydroxylation sites is 1. The topological polar surface area (TPSA) is 12.0 Å². The molecule has 1 nitrogen and oxygen atoms in total. The summed E-state index contributed by atoms with van der Waals surface area (Å²) in [4.78, 5) is 0. The number of halogens is 2. The predicted octanol–water partition coefficient (Wildman–Crippen LogP) is 3.99. The van der Waals surface area contributed by atoms with Crippen LogP contribution in [-0.2, 0) is 0 Å². The third-order valence-corrected chi connectivity index (χ3v) is 2.28. The van der Waals surface area contributed by atoms with Crippen molar-refractivity contribution in [2.45, 2.75) is 6.55 Å². The van der Waals surface area contributed by atoms with Crippen molar-refractivity contribution in [1.82, 2.24) is 0 Å². The molecular formula is C13H11F2N. The molecule has 0 unspecified atom stereocenters. The van der Waals surface area contributed by atoms with Gasteiger partial charge in [0.05, 0.1) is 0 Å². The highest BCUT2D eigenvalue weighted by molar-refractivity contribution is 5.77. The quantitative estimate of drug-likeness (QED) is 0.769. The van der Waals surface area contributed by atoms with E-state index in [1.54, 1.807) is 12.1 Å². The minimum absolute atomic E-state index is 0.448. The lowest BCUT2D eigenvalue weighted by Crippen LogP contribution is -2.07. The Hall–Kier alpha value is -1.90. The van der Waals surface area contributed by atoms with Gasteiger partial charge in [-0.1, -0.05) is 48.5 Å². The lowest BCUT2D eigenvalue weighted by atomic mass is 10.0. The minimum Gasteiger partial charge on any atom is -0.329 e. The zero-order valence-corrected chi connectivity index (χ0v) is 8.53. The molecule has 82 valence electrons. The molecule has 0 spiro atoms. The van der Waals surface area contributed by atoms with E-state index in [0.717, 1.165) is 11.1 Å². The molecule has 0 heterocycles. The van der Waals surface area contributed by atoms with Crippen LogP contribution in [0.5, 0.6) is 0 Å². The maximum Gasteiger partial charge on any atom is 0.312 e. The van der Waals surface area contributed by atoms with Crippen LogP contribution < -0.4 is 5.32 Å². The second-order valence-corrected chi connectivity index (χ2v) is 3.36. The molecule has 3 heteroatoms. The van der Waals surface area contributed by atoms with Gasteiger partial charge >= 0.3 is 6.55 Å². The summed E-state index contributed by atoms with van der Waals surface area (Å²) in [7, 11) is 0. The third-order valence-electron chi connectivity index (χ3n) is 2.28. The summed E-state index contributed by atoms with van der Waals surface area (Å²) in [5, 5.41) is 2.14. The van der Waals surface area contributed by atoms with E-state index in [1.807, 2.05) is 42.5 Å². The van der Waals surface area contributed by atoms with Crippen LogP contribution in [0.1, 0.15) is 0 Å². The molecule has 0 radical (unpaired) electrons. The summed E-state index contributed by atoms with van der Waals surface area (Å²) in [5.41, 5.74) is 2.15. The van der Waals surface area contributed by atoms with Crippen LogP contribution in [-0.4, -0.2) is 6.55 Å². The fraction of sp³-hybridized carbons (Fsp3) is 0.0769. The number of hydrogen-bond donors (Lipinski definition) is 1. The molecule has 0 fully saturated rings. The Balaban J connectivity index is 2.41. The molecule has 16 heavy (non-hydrogen) atoms. The Morgan fingerprint density at radius 1 is 0.812 bits per heavy atom. The van der Waals surface area contributed by atoms with Gasteiger partial charge in [0.15, 0.2) is 0 Å². The largest absolute Gasteiger partial charge is 0.329 e. The molecule has 0 saturated carbocycles. The Kier molecular flexibility index (Phi) is 3.15. The van der Waals surface area contributed by atoms with E-state index in [1.165, 1.54) is 0 Å². The first-order valence-corrected chi connectivity index (χ1v) is 4.96. The highest BCUT2D eigenvalue weighted by atomic mass is 19.3. The van der Waals surface area contributed by atoms with E-state index in [2.05, 4.69) is 5.32 Å². The van der Waals surface area contributed by atoms with Crippen molar-refractivity contribution in [2.24, 2.45) is 0 Å². The highest BCUT2D eigenvalue weighted by Gasteiger charge is 2.07. The van der Waals surface area contributed by atoms with Gasteiger partial charge in [0.2, 0.25) is 0 Å². The van der Waals surface area contributed by atoms with Crippen molar-refractivity contribution in [1.29, 1.82) is 0 Å². The van der Waals surface area contributed by atoms with Crippen molar-refractivity contribution >= 4 is 5.69 Å². The lowest BCUT2D eigenvalue weighted by molar-refractivity contribution is 0.181. The van der Waals surface area contributed by atoms with Crippen LogP contribution in [0.2, 0.25) is 0 Å². The first-order valence-electron chi connectivity index (χ1n) is 4.96. The Labute approximate surface area is 92.7 Å². The summed E-state index contributed by atoms with van der Waals surface area (Å²) in [6.07, 6.45) is 0. The van der Waals surface area contributed by atoms with E-state index in [4.69, 9.17) is 0 Å². The van der Waals surface area contributed by atoms with E-state index >= 15 is 0 Å². The SMILES string of the molecule is FC(F)Nc1ccccc1-c1ccccc1.